The summed E-state index contributed by atoms with van der Waals surface area (Å²) in [6.07, 6.45) is 0. The molecule has 0 atom stereocenters. The van der Waals surface area contributed by atoms with Crippen molar-refractivity contribution >= 4 is 17.3 Å². The molecule has 1 aromatic rings. The Morgan fingerprint density at radius 2 is 2.00 bits per heavy atom. The average molecular weight is 226 g/mol. The first-order chi connectivity index (χ1) is 7.06. The molecule has 0 aliphatic carbocycles. The van der Waals surface area contributed by atoms with E-state index in [2.05, 4.69) is 50.9 Å². The Balaban J connectivity index is 2.99. The SMILES string of the molecule is Cc1ccc(C(C)C)cc1N(C)CCCl. The zero-order valence-corrected chi connectivity index (χ0v) is 10.8. The van der Waals surface area contributed by atoms with Crippen LogP contribution in [0.15, 0.2) is 18.2 Å². The minimum atomic E-state index is 0.578. The minimum Gasteiger partial charge on any atom is -0.373 e. The largest absolute Gasteiger partial charge is 0.373 e. The van der Waals surface area contributed by atoms with E-state index in [-0.39, 0.29) is 0 Å². The third-order valence-electron chi connectivity index (χ3n) is 2.73. The fourth-order valence-electron chi connectivity index (χ4n) is 1.64. The zero-order valence-electron chi connectivity index (χ0n) is 10.0. The number of halogens is 1. The van der Waals surface area contributed by atoms with E-state index in [1.54, 1.807) is 0 Å². The molecule has 1 aromatic carbocycles. The van der Waals surface area contributed by atoms with Gasteiger partial charge in [0.15, 0.2) is 0 Å². The van der Waals surface area contributed by atoms with Crippen LogP contribution < -0.4 is 4.90 Å². The number of anilines is 1. The highest BCUT2D eigenvalue weighted by molar-refractivity contribution is 6.18. The molecule has 2 heteroatoms. The van der Waals surface area contributed by atoms with Gasteiger partial charge in [-0.2, -0.15) is 0 Å². The molecule has 0 N–H and O–H groups in total. The summed E-state index contributed by atoms with van der Waals surface area (Å²) in [7, 11) is 2.09. The van der Waals surface area contributed by atoms with Crippen molar-refractivity contribution in [3.63, 3.8) is 0 Å². The van der Waals surface area contributed by atoms with Gasteiger partial charge in [-0.1, -0.05) is 26.0 Å². The van der Waals surface area contributed by atoms with Gasteiger partial charge in [0.1, 0.15) is 0 Å². The van der Waals surface area contributed by atoms with E-state index in [1.165, 1.54) is 16.8 Å². The Hall–Kier alpha value is -0.690. The Labute approximate surface area is 98.0 Å². The fraction of sp³-hybridized carbons (Fsp3) is 0.538. The van der Waals surface area contributed by atoms with E-state index in [1.807, 2.05) is 0 Å². The summed E-state index contributed by atoms with van der Waals surface area (Å²) in [5.41, 5.74) is 3.99. The molecule has 0 aliphatic rings. The lowest BCUT2D eigenvalue weighted by Crippen LogP contribution is -2.20. The summed E-state index contributed by atoms with van der Waals surface area (Å²) < 4.78 is 0. The Bertz CT molecular complexity index is 320. The van der Waals surface area contributed by atoms with Crippen LogP contribution in [-0.2, 0) is 0 Å². The lowest BCUT2D eigenvalue weighted by atomic mass is 10.0. The highest BCUT2D eigenvalue weighted by atomic mass is 35.5. The van der Waals surface area contributed by atoms with Crippen LogP contribution in [0.5, 0.6) is 0 Å². The third kappa shape index (κ3) is 3.13. The monoisotopic (exact) mass is 225 g/mol. The van der Waals surface area contributed by atoms with Gasteiger partial charge in [-0.15, -0.1) is 11.6 Å². The molecule has 1 rings (SSSR count). The molecule has 0 saturated heterocycles. The van der Waals surface area contributed by atoms with Crippen molar-refractivity contribution in [2.75, 3.05) is 24.4 Å². The normalized spacial score (nSPS) is 10.8. The maximum Gasteiger partial charge on any atom is 0.0399 e. The number of aryl methyl sites for hydroxylation is 1. The molecule has 0 aromatic heterocycles. The van der Waals surface area contributed by atoms with Gasteiger partial charge in [-0.25, -0.2) is 0 Å². The van der Waals surface area contributed by atoms with Gasteiger partial charge in [0.05, 0.1) is 0 Å². The number of rotatable bonds is 4. The van der Waals surface area contributed by atoms with E-state index >= 15 is 0 Å². The number of benzene rings is 1. The topological polar surface area (TPSA) is 3.24 Å². The van der Waals surface area contributed by atoms with Crippen molar-refractivity contribution < 1.29 is 0 Å². The van der Waals surface area contributed by atoms with E-state index in [0.717, 1.165) is 6.54 Å². The second kappa shape index (κ2) is 5.41. The standard InChI is InChI=1S/C13H20ClN/c1-10(2)12-6-5-11(3)13(9-12)15(4)8-7-14/h5-6,9-10H,7-8H2,1-4H3. The van der Waals surface area contributed by atoms with Gasteiger partial charge >= 0.3 is 0 Å². The molecular weight excluding hydrogens is 206 g/mol. The quantitative estimate of drug-likeness (QED) is 0.705. The molecular formula is C13H20ClN. The maximum atomic E-state index is 5.76. The summed E-state index contributed by atoms with van der Waals surface area (Å²) in [4.78, 5) is 2.22. The third-order valence-corrected chi connectivity index (χ3v) is 2.90. The van der Waals surface area contributed by atoms with Crippen LogP contribution in [0.4, 0.5) is 5.69 Å². The molecule has 0 bridgehead atoms. The van der Waals surface area contributed by atoms with Gasteiger partial charge in [0.25, 0.3) is 0 Å². The van der Waals surface area contributed by atoms with Crippen LogP contribution in [0.3, 0.4) is 0 Å². The predicted octanol–water partition coefficient (Wildman–Crippen LogP) is 3.79. The summed E-state index contributed by atoms with van der Waals surface area (Å²) in [5.74, 6) is 1.25. The number of hydrogen-bond donors (Lipinski definition) is 0. The molecule has 0 heterocycles. The Morgan fingerprint density at radius 1 is 1.33 bits per heavy atom. The molecule has 1 nitrogen and oxygen atoms in total. The lowest BCUT2D eigenvalue weighted by molar-refractivity contribution is 0.861. The Morgan fingerprint density at radius 3 is 2.53 bits per heavy atom. The summed E-state index contributed by atoms with van der Waals surface area (Å²) in [5, 5.41) is 0. The predicted molar refractivity (Wildman–Crippen MR) is 69.3 cm³/mol. The van der Waals surface area contributed by atoms with Crippen molar-refractivity contribution in [2.24, 2.45) is 0 Å². The Kier molecular flexibility index (Phi) is 4.46. The van der Waals surface area contributed by atoms with E-state index in [4.69, 9.17) is 11.6 Å². The van der Waals surface area contributed by atoms with Gasteiger partial charge in [0.2, 0.25) is 0 Å². The van der Waals surface area contributed by atoms with Crippen molar-refractivity contribution in [1.82, 2.24) is 0 Å². The van der Waals surface area contributed by atoms with Crippen molar-refractivity contribution in [2.45, 2.75) is 26.7 Å². The van der Waals surface area contributed by atoms with Gasteiger partial charge in [-0.3, -0.25) is 0 Å². The van der Waals surface area contributed by atoms with Gasteiger partial charge < -0.3 is 4.90 Å². The molecule has 0 aliphatic heterocycles. The first kappa shape index (κ1) is 12.4. The van der Waals surface area contributed by atoms with Crippen LogP contribution in [0.1, 0.15) is 30.9 Å². The van der Waals surface area contributed by atoms with E-state index in [0.29, 0.717) is 11.8 Å². The molecule has 0 unspecified atom stereocenters. The van der Waals surface area contributed by atoms with E-state index in [9.17, 15) is 0 Å². The minimum absolute atomic E-state index is 0.578. The second-order valence-corrected chi connectivity index (χ2v) is 4.69. The van der Waals surface area contributed by atoms with Crippen molar-refractivity contribution in [1.29, 1.82) is 0 Å². The molecule has 15 heavy (non-hydrogen) atoms. The highest BCUT2D eigenvalue weighted by Crippen LogP contribution is 2.24. The van der Waals surface area contributed by atoms with Crippen molar-refractivity contribution in [3.8, 4) is 0 Å². The lowest BCUT2D eigenvalue weighted by Gasteiger charge is -2.21. The van der Waals surface area contributed by atoms with Crippen molar-refractivity contribution in [3.05, 3.63) is 29.3 Å². The summed E-state index contributed by atoms with van der Waals surface area (Å²) in [6, 6.07) is 6.67. The molecule has 84 valence electrons. The fourth-order valence-corrected chi connectivity index (χ4v) is 1.90. The van der Waals surface area contributed by atoms with Gasteiger partial charge in [-0.05, 0) is 30.0 Å². The summed E-state index contributed by atoms with van der Waals surface area (Å²) in [6.45, 7) is 7.47. The molecule has 0 spiro atoms. The smallest absolute Gasteiger partial charge is 0.0399 e. The number of hydrogen-bond acceptors (Lipinski definition) is 1. The highest BCUT2D eigenvalue weighted by Gasteiger charge is 2.07. The number of alkyl halides is 1. The maximum absolute atomic E-state index is 5.76. The average Bonchev–Trinajstić information content (AvgIpc) is 2.18. The molecule has 0 saturated carbocycles. The van der Waals surface area contributed by atoms with E-state index < -0.39 is 0 Å². The molecule has 0 fully saturated rings. The summed E-state index contributed by atoms with van der Waals surface area (Å²) >= 11 is 5.76. The van der Waals surface area contributed by atoms with Crippen LogP contribution in [0.2, 0.25) is 0 Å². The first-order valence-corrected chi connectivity index (χ1v) is 5.97. The van der Waals surface area contributed by atoms with Crippen LogP contribution in [-0.4, -0.2) is 19.5 Å². The first-order valence-electron chi connectivity index (χ1n) is 5.44. The van der Waals surface area contributed by atoms with Gasteiger partial charge in [0, 0.05) is 25.2 Å². The zero-order chi connectivity index (χ0) is 11.4. The number of nitrogens with zero attached hydrogens (tertiary/aromatic N) is 1. The second-order valence-electron chi connectivity index (χ2n) is 4.31. The van der Waals surface area contributed by atoms with Crippen LogP contribution in [0.25, 0.3) is 0 Å². The van der Waals surface area contributed by atoms with Crippen LogP contribution in [0, 0.1) is 6.92 Å². The van der Waals surface area contributed by atoms with Crippen LogP contribution >= 0.6 is 11.6 Å². The molecule has 0 amide bonds. The molecule has 0 radical (unpaired) electrons.